The van der Waals surface area contributed by atoms with Gasteiger partial charge in [0, 0.05) is 6.04 Å². The molecule has 0 amide bonds. The van der Waals surface area contributed by atoms with Crippen molar-refractivity contribution in [2.24, 2.45) is 5.73 Å². The Morgan fingerprint density at radius 1 is 1.80 bits per heavy atom. The highest BCUT2D eigenvalue weighted by Gasteiger charge is 2.42. The lowest BCUT2D eigenvalue weighted by Crippen LogP contribution is -2.48. The first-order chi connectivity index (χ1) is 4.57. The molecule has 0 unspecified atom stereocenters. The van der Waals surface area contributed by atoms with Gasteiger partial charge < -0.3 is 10.8 Å². The van der Waals surface area contributed by atoms with E-state index in [4.69, 9.17) is 5.73 Å². The number of Topliss-reactive ketones (excluding diaryl/α,β-unsaturated/α-hetero) is 1. The molecule has 1 aliphatic rings. The molecular weight excluding hydrogens is 130 g/mol. The van der Waals surface area contributed by atoms with Crippen LogP contribution in [0.1, 0.15) is 26.2 Å². The van der Waals surface area contributed by atoms with Gasteiger partial charge in [0.15, 0.2) is 5.78 Å². The second kappa shape index (κ2) is 2.32. The maximum Gasteiger partial charge on any atom is 0.162 e. The third-order valence-electron chi connectivity index (χ3n) is 2.30. The first-order valence-corrected chi connectivity index (χ1v) is 3.56. The Balaban J connectivity index is 2.75. The molecule has 1 aliphatic carbocycles. The van der Waals surface area contributed by atoms with Crippen molar-refractivity contribution in [2.45, 2.75) is 37.8 Å². The van der Waals surface area contributed by atoms with E-state index in [1.54, 1.807) is 0 Å². The number of hydrogen-bond donors (Lipinski definition) is 2. The third kappa shape index (κ3) is 0.954. The standard InChI is InChI=1S/C7H13NO2/c1-5(9)7(10)4-2-3-6(7)8/h6,10H,2-4,8H2,1H3/t6-,7+/m0/s1. The summed E-state index contributed by atoms with van der Waals surface area (Å²) >= 11 is 0. The Morgan fingerprint density at radius 2 is 2.40 bits per heavy atom. The summed E-state index contributed by atoms with van der Waals surface area (Å²) in [5, 5.41) is 9.56. The van der Waals surface area contributed by atoms with Gasteiger partial charge in [0.2, 0.25) is 0 Å². The summed E-state index contributed by atoms with van der Waals surface area (Å²) in [5.74, 6) is -0.197. The molecule has 0 aromatic rings. The minimum atomic E-state index is -1.21. The summed E-state index contributed by atoms with van der Waals surface area (Å²) in [7, 11) is 0. The van der Waals surface area contributed by atoms with Crippen LogP contribution in [0.5, 0.6) is 0 Å². The molecule has 0 spiro atoms. The molecule has 3 N–H and O–H groups in total. The van der Waals surface area contributed by atoms with E-state index >= 15 is 0 Å². The van der Waals surface area contributed by atoms with Gasteiger partial charge in [-0.3, -0.25) is 4.79 Å². The van der Waals surface area contributed by atoms with Crippen molar-refractivity contribution in [2.75, 3.05) is 0 Å². The molecule has 0 radical (unpaired) electrons. The summed E-state index contributed by atoms with van der Waals surface area (Å²) < 4.78 is 0. The van der Waals surface area contributed by atoms with Crippen LogP contribution in [0.3, 0.4) is 0 Å². The highest BCUT2D eigenvalue weighted by atomic mass is 16.3. The fourth-order valence-electron chi connectivity index (χ4n) is 1.45. The van der Waals surface area contributed by atoms with E-state index < -0.39 is 5.60 Å². The van der Waals surface area contributed by atoms with Gasteiger partial charge in [0.25, 0.3) is 0 Å². The Kier molecular flexibility index (Phi) is 1.79. The Hall–Kier alpha value is -0.410. The molecule has 0 aliphatic heterocycles. The zero-order chi connectivity index (χ0) is 7.78. The number of carbonyl (C=O) groups is 1. The van der Waals surface area contributed by atoms with E-state index in [0.29, 0.717) is 6.42 Å². The number of carbonyl (C=O) groups excluding carboxylic acids is 1. The topological polar surface area (TPSA) is 63.3 Å². The molecule has 0 bridgehead atoms. The number of aliphatic hydroxyl groups is 1. The molecule has 2 atom stereocenters. The average molecular weight is 143 g/mol. The highest BCUT2D eigenvalue weighted by Crippen LogP contribution is 2.28. The van der Waals surface area contributed by atoms with Crippen molar-refractivity contribution in [3.63, 3.8) is 0 Å². The van der Waals surface area contributed by atoms with Crippen molar-refractivity contribution < 1.29 is 9.90 Å². The van der Waals surface area contributed by atoms with Gasteiger partial charge in [-0.15, -0.1) is 0 Å². The van der Waals surface area contributed by atoms with Crippen LogP contribution in [-0.4, -0.2) is 22.5 Å². The molecule has 0 saturated heterocycles. The Bertz CT molecular complexity index is 158. The largest absolute Gasteiger partial charge is 0.380 e. The molecular formula is C7H13NO2. The summed E-state index contributed by atoms with van der Waals surface area (Å²) in [6, 6.07) is -0.343. The second-order valence-corrected chi connectivity index (χ2v) is 2.98. The molecule has 1 rings (SSSR count). The third-order valence-corrected chi connectivity index (χ3v) is 2.30. The first kappa shape index (κ1) is 7.69. The van der Waals surface area contributed by atoms with Crippen LogP contribution >= 0.6 is 0 Å². The molecule has 3 nitrogen and oxygen atoms in total. The van der Waals surface area contributed by atoms with Crippen LogP contribution in [0.25, 0.3) is 0 Å². The average Bonchev–Trinajstić information content (AvgIpc) is 2.15. The van der Waals surface area contributed by atoms with Gasteiger partial charge in [-0.05, 0) is 26.2 Å². The number of ketones is 1. The smallest absolute Gasteiger partial charge is 0.162 e. The van der Waals surface area contributed by atoms with Crippen LogP contribution in [0.2, 0.25) is 0 Å². The fraction of sp³-hybridized carbons (Fsp3) is 0.857. The van der Waals surface area contributed by atoms with Gasteiger partial charge in [0.05, 0.1) is 0 Å². The molecule has 1 fully saturated rings. The minimum Gasteiger partial charge on any atom is -0.380 e. The van der Waals surface area contributed by atoms with Gasteiger partial charge in [0.1, 0.15) is 5.60 Å². The summed E-state index contributed by atoms with van der Waals surface area (Å²) in [6.07, 6.45) is 2.15. The van der Waals surface area contributed by atoms with Crippen LogP contribution in [-0.2, 0) is 4.79 Å². The minimum absolute atomic E-state index is 0.197. The first-order valence-electron chi connectivity index (χ1n) is 3.56. The van der Waals surface area contributed by atoms with Gasteiger partial charge in [-0.2, -0.15) is 0 Å². The molecule has 0 heterocycles. The lowest BCUT2D eigenvalue weighted by atomic mass is 9.94. The van der Waals surface area contributed by atoms with E-state index in [9.17, 15) is 9.90 Å². The van der Waals surface area contributed by atoms with Crippen LogP contribution in [0.15, 0.2) is 0 Å². The monoisotopic (exact) mass is 143 g/mol. The van der Waals surface area contributed by atoms with Gasteiger partial charge >= 0.3 is 0 Å². The van der Waals surface area contributed by atoms with Gasteiger partial charge in [-0.1, -0.05) is 0 Å². The van der Waals surface area contributed by atoms with Crippen molar-refractivity contribution in [1.29, 1.82) is 0 Å². The summed E-state index contributed by atoms with van der Waals surface area (Å²) in [5.41, 5.74) is 4.34. The second-order valence-electron chi connectivity index (χ2n) is 2.98. The molecule has 58 valence electrons. The molecule has 1 saturated carbocycles. The predicted molar refractivity (Wildman–Crippen MR) is 37.5 cm³/mol. The van der Waals surface area contributed by atoms with E-state index in [-0.39, 0.29) is 11.8 Å². The number of hydrogen-bond acceptors (Lipinski definition) is 3. The Labute approximate surface area is 60.2 Å². The lowest BCUT2D eigenvalue weighted by molar-refractivity contribution is -0.135. The molecule has 10 heavy (non-hydrogen) atoms. The maximum absolute atomic E-state index is 10.8. The van der Waals surface area contributed by atoms with E-state index in [1.165, 1.54) is 6.92 Å². The van der Waals surface area contributed by atoms with Gasteiger partial charge in [-0.25, -0.2) is 0 Å². The van der Waals surface area contributed by atoms with E-state index in [1.807, 2.05) is 0 Å². The summed E-state index contributed by atoms with van der Waals surface area (Å²) in [4.78, 5) is 10.8. The van der Waals surface area contributed by atoms with Crippen molar-refractivity contribution in [3.8, 4) is 0 Å². The van der Waals surface area contributed by atoms with E-state index in [0.717, 1.165) is 12.8 Å². The zero-order valence-electron chi connectivity index (χ0n) is 6.13. The molecule has 0 aromatic carbocycles. The quantitative estimate of drug-likeness (QED) is 0.535. The van der Waals surface area contributed by atoms with Crippen molar-refractivity contribution in [3.05, 3.63) is 0 Å². The maximum atomic E-state index is 10.8. The predicted octanol–water partition coefficient (Wildman–Crippen LogP) is -0.182. The summed E-state index contributed by atoms with van der Waals surface area (Å²) in [6.45, 7) is 1.39. The zero-order valence-corrected chi connectivity index (χ0v) is 6.13. The van der Waals surface area contributed by atoms with Crippen LogP contribution in [0, 0.1) is 0 Å². The normalized spacial score (nSPS) is 40.1. The molecule has 0 aromatic heterocycles. The number of nitrogens with two attached hydrogens (primary N) is 1. The number of rotatable bonds is 1. The lowest BCUT2D eigenvalue weighted by Gasteiger charge is -2.23. The van der Waals surface area contributed by atoms with E-state index in [2.05, 4.69) is 0 Å². The van der Waals surface area contributed by atoms with Crippen molar-refractivity contribution in [1.82, 2.24) is 0 Å². The highest BCUT2D eigenvalue weighted by molar-refractivity contribution is 5.85. The Morgan fingerprint density at radius 3 is 2.60 bits per heavy atom. The SMILES string of the molecule is CC(=O)[C@]1(O)CCC[C@@H]1N. The fourth-order valence-corrected chi connectivity index (χ4v) is 1.45. The van der Waals surface area contributed by atoms with Crippen molar-refractivity contribution >= 4 is 5.78 Å². The van der Waals surface area contributed by atoms with Crippen LogP contribution < -0.4 is 5.73 Å². The molecule has 3 heteroatoms. The van der Waals surface area contributed by atoms with Crippen LogP contribution in [0.4, 0.5) is 0 Å².